The lowest BCUT2D eigenvalue weighted by Gasteiger charge is -2.04. The Hall–Kier alpha value is -0.350. The maximum Gasteiger partial charge on any atom is 0.112 e. The molecule has 1 aromatic rings. The minimum absolute atomic E-state index is 0.437. The van der Waals surface area contributed by atoms with E-state index in [0.29, 0.717) is 12.5 Å². The molecule has 13 heavy (non-hydrogen) atoms. The third kappa shape index (κ3) is 2.11. The van der Waals surface area contributed by atoms with E-state index in [2.05, 4.69) is 39.3 Å². The summed E-state index contributed by atoms with van der Waals surface area (Å²) in [5.74, 6) is 1.52. The van der Waals surface area contributed by atoms with Crippen LogP contribution < -0.4 is 0 Å². The third-order valence-corrected chi connectivity index (χ3v) is 2.91. The maximum atomic E-state index is 5.05. The van der Waals surface area contributed by atoms with Crippen LogP contribution in [0, 0.1) is 0 Å². The fourth-order valence-corrected chi connectivity index (χ4v) is 1.68. The average Bonchev–Trinajstić information content (AvgIpc) is 2.33. The van der Waals surface area contributed by atoms with Crippen molar-refractivity contribution in [3.8, 4) is 0 Å². The smallest absolute Gasteiger partial charge is 0.112 e. The van der Waals surface area contributed by atoms with E-state index >= 15 is 0 Å². The van der Waals surface area contributed by atoms with Gasteiger partial charge in [0.1, 0.15) is 10.4 Å². The molecule has 0 amide bonds. The summed E-state index contributed by atoms with van der Waals surface area (Å²) in [5, 5.41) is 0. The molecule has 0 aliphatic rings. The summed E-state index contributed by atoms with van der Waals surface area (Å²) in [6.07, 6.45) is 0. The fourth-order valence-electron chi connectivity index (χ4n) is 1.30. The normalized spacial score (nSPS) is 11.2. The van der Waals surface area contributed by atoms with Crippen LogP contribution in [0.2, 0.25) is 0 Å². The Morgan fingerprint density at radius 2 is 2.15 bits per heavy atom. The molecule has 0 spiro atoms. The maximum absolute atomic E-state index is 5.05. The predicted octanol–water partition coefficient (Wildman–Crippen LogP) is 2.45. The number of hydrogen-bond donors (Lipinski definition) is 0. The molecular weight excluding hydrogens is 232 g/mol. The van der Waals surface area contributed by atoms with Gasteiger partial charge in [0.25, 0.3) is 0 Å². The molecule has 0 aliphatic carbocycles. The van der Waals surface area contributed by atoms with Gasteiger partial charge < -0.3 is 9.30 Å². The van der Waals surface area contributed by atoms with Gasteiger partial charge in [-0.3, -0.25) is 0 Å². The SMILES string of the molecule is COCc1nc(C(C)C)n(C)c1Br. The highest BCUT2D eigenvalue weighted by Gasteiger charge is 2.13. The molecule has 0 N–H and O–H groups in total. The van der Waals surface area contributed by atoms with Crippen molar-refractivity contribution in [2.75, 3.05) is 7.11 Å². The van der Waals surface area contributed by atoms with Gasteiger partial charge in [0.15, 0.2) is 0 Å². The van der Waals surface area contributed by atoms with E-state index < -0.39 is 0 Å². The first-order valence-electron chi connectivity index (χ1n) is 4.27. The molecule has 3 nitrogen and oxygen atoms in total. The average molecular weight is 247 g/mol. The molecule has 1 aromatic heterocycles. The van der Waals surface area contributed by atoms with Gasteiger partial charge >= 0.3 is 0 Å². The second-order valence-corrected chi connectivity index (χ2v) is 4.11. The highest BCUT2D eigenvalue weighted by Crippen LogP contribution is 2.22. The van der Waals surface area contributed by atoms with Gasteiger partial charge in [-0.05, 0) is 15.9 Å². The van der Waals surface area contributed by atoms with E-state index in [1.807, 2.05) is 7.05 Å². The number of aromatic nitrogens is 2. The molecule has 0 aliphatic heterocycles. The van der Waals surface area contributed by atoms with Gasteiger partial charge in [-0.15, -0.1) is 0 Å². The minimum atomic E-state index is 0.437. The van der Waals surface area contributed by atoms with Gasteiger partial charge in [0.2, 0.25) is 0 Å². The Kier molecular flexibility index (Phi) is 3.50. The summed E-state index contributed by atoms with van der Waals surface area (Å²) in [6, 6.07) is 0. The quantitative estimate of drug-likeness (QED) is 0.820. The van der Waals surface area contributed by atoms with Crippen molar-refractivity contribution in [3.63, 3.8) is 0 Å². The minimum Gasteiger partial charge on any atom is -0.378 e. The largest absolute Gasteiger partial charge is 0.378 e. The Bertz CT molecular complexity index is 294. The number of ether oxygens (including phenoxy) is 1. The van der Waals surface area contributed by atoms with Crippen molar-refractivity contribution in [1.29, 1.82) is 0 Å². The summed E-state index contributed by atoms with van der Waals surface area (Å²) in [5.41, 5.74) is 0.966. The third-order valence-electron chi connectivity index (χ3n) is 1.92. The molecule has 0 atom stereocenters. The molecule has 0 unspecified atom stereocenters. The first-order chi connectivity index (χ1) is 6.07. The van der Waals surface area contributed by atoms with Gasteiger partial charge in [-0.2, -0.15) is 0 Å². The van der Waals surface area contributed by atoms with Gasteiger partial charge in [-0.25, -0.2) is 4.98 Å². The van der Waals surface area contributed by atoms with Crippen molar-refractivity contribution in [2.24, 2.45) is 7.05 Å². The zero-order valence-electron chi connectivity index (χ0n) is 8.47. The number of rotatable bonds is 3. The highest BCUT2D eigenvalue weighted by molar-refractivity contribution is 9.10. The molecule has 1 rings (SSSR count). The number of hydrogen-bond acceptors (Lipinski definition) is 2. The first-order valence-corrected chi connectivity index (χ1v) is 5.07. The Morgan fingerprint density at radius 1 is 1.54 bits per heavy atom. The van der Waals surface area contributed by atoms with Crippen LogP contribution in [-0.4, -0.2) is 16.7 Å². The van der Waals surface area contributed by atoms with Crippen LogP contribution in [0.5, 0.6) is 0 Å². The van der Waals surface area contributed by atoms with Crippen molar-refractivity contribution < 1.29 is 4.74 Å². The Labute approximate surface area is 87.2 Å². The number of imidazole rings is 1. The van der Waals surface area contributed by atoms with Crippen molar-refractivity contribution in [2.45, 2.75) is 26.4 Å². The van der Waals surface area contributed by atoms with Crippen LogP contribution in [0.4, 0.5) is 0 Å². The molecular formula is C9H15BrN2O. The van der Waals surface area contributed by atoms with Crippen molar-refractivity contribution in [3.05, 3.63) is 16.1 Å². The van der Waals surface area contributed by atoms with E-state index in [9.17, 15) is 0 Å². The monoisotopic (exact) mass is 246 g/mol. The van der Waals surface area contributed by atoms with E-state index in [-0.39, 0.29) is 0 Å². The zero-order valence-corrected chi connectivity index (χ0v) is 10.1. The fraction of sp³-hybridized carbons (Fsp3) is 0.667. The number of halogens is 1. The molecule has 0 aromatic carbocycles. The van der Waals surface area contributed by atoms with Crippen LogP contribution in [-0.2, 0) is 18.4 Å². The van der Waals surface area contributed by atoms with Gasteiger partial charge in [-0.1, -0.05) is 13.8 Å². The zero-order chi connectivity index (χ0) is 10.0. The van der Waals surface area contributed by atoms with Crippen molar-refractivity contribution in [1.82, 2.24) is 9.55 Å². The standard InChI is InChI=1S/C9H15BrN2O/c1-6(2)9-11-7(5-13-4)8(10)12(9)3/h6H,5H2,1-4H3. The van der Waals surface area contributed by atoms with E-state index in [1.165, 1.54) is 0 Å². The lowest BCUT2D eigenvalue weighted by atomic mass is 10.2. The molecule has 0 saturated heterocycles. The van der Waals surface area contributed by atoms with Crippen LogP contribution in [0.15, 0.2) is 4.60 Å². The van der Waals surface area contributed by atoms with Gasteiger partial charge in [0, 0.05) is 20.1 Å². The van der Waals surface area contributed by atoms with Crippen molar-refractivity contribution >= 4 is 15.9 Å². The summed E-state index contributed by atoms with van der Waals surface area (Å²) in [4.78, 5) is 4.49. The second kappa shape index (κ2) is 4.24. The topological polar surface area (TPSA) is 27.1 Å². The summed E-state index contributed by atoms with van der Waals surface area (Å²) in [7, 11) is 3.68. The molecule has 4 heteroatoms. The molecule has 0 radical (unpaired) electrons. The lowest BCUT2D eigenvalue weighted by molar-refractivity contribution is 0.181. The van der Waals surface area contributed by atoms with Crippen LogP contribution in [0.1, 0.15) is 31.3 Å². The summed E-state index contributed by atoms with van der Waals surface area (Å²) < 4.78 is 8.12. The summed E-state index contributed by atoms with van der Waals surface area (Å²) in [6.45, 7) is 4.82. The predicted molar refractivity (Wildman–Crippen MR) is 55.7 cm³/mol. The Balaban J connectivity index is 3.05. The van der Waals surface area contributed by atoms with E-state index in [1.54, 1.807) is 7.11 Å². The first kappa shape index (κ1) is 10.7. The van der Waals surface area contributed by atoms with E-state index in [4.69, 9.17) is 4.74 Å². The van der Waals surface area contributed by atoms with E-state index in [0.717, 1.165) is 16.1 Å². The number of methoxy groups -OCH3 is 1. The van der Waals surface area contributed by atoms with Crippen LogP contribution in [0.3, 0.4) is 0 Å². The number of nitrogens with zero attached hydrogens (tertiary/aromatic N) is 2. The molecule has 0 bridgehead atoms. The van der Waals surface area contributed by atoms with Crippen LogP contribution in [0.25, 0.3) is 0 Å². The molecule has 1 heterocycles. The lowest BCUT2D eigenvalue weighted by Crippen LogP contribution is -1.99. The van der Waals surface area contributed by atoms with Crippen LogP contribution >= 0.6 is 15.9 Å². The molecule has 0 saturated carbocycles. The Morgan fingerprint density at radius 3 is 2.54 bits per heavy atom. The molecule has 74 valence electrons. The van der Waals surface area contributed by atoms with Gasteiger partial charge in [0.05, 0.1) is 12.3 Å². The molecule has 0 fully saturated rings. The highest BCUT2D eigenvalue weighted by atomic mass is 79.9. The second-order valence-electron chi connectivity index (χ2n) is 3.35. The summed E-state index contributed by atoms with van der Waals surface area (Å²) >= 11 is 3.49.